The van der Waals surface area contributed by atoms with E-state index < -0.39 is 23.2 Å². The van der Waals surface area contributed by atoms with Gasteiger partial charge in [-0.05, 0) is 37.6 Å². The molecule has 0 fully saturated rings. The zero-order valence-corrected chi connectivity index (χ0v) is 13.2. The number of rotatable bonds is 5. The number of benzene rings is 1. The highest BCUT2D eigenvalue weighted by atomic mass is 19.4. The van der Waals surface area contributed by atoms with E-state index in [2.05, 4.69) is 10.3 Å². The highest BCUT2D eigenvalue weighted by molar-refractivity contribution is 6.05. The summed E-state index contributed by atoms with van der Waals surface area (Å²) in [7, 11) is 0. The van der Waals surface area contributed by atoms with Crippen LogP contribution in [-0.4, -0.2) is 17.0 Å². The minimum absolute atomic E-state index is 0.0504. The minimum atomic E-state index is -4.64. The number of anilines is 1. The van der Waals surface area contributed by atoms with Crippen LogP contribution in [0.25, 0.3) is 0 Å². The van der Waals surface area contributed by atoms with Gasteiger partial charge in [0.1, 0.15) is 0 Å². The van der Waals surface area contributed by atoms with E-state index in [-0.39, 0.29) is 6.10 Å². The van der Waals surface area contributed by atoms with Crippen molar-refractivity contribution in [3.63, 3.8) is 0 Å². The van der Waals surface area contributed by atoms with Crippen molar-refractivity contribution in [2.24, 2.45) is 0 Å². The fourth-order valence-electron chi connectivity index (χ4n) is 2.02. The molecule has 0 aliphatic carbocycles. The van der Waals surface area contributed by atoms with Crippen molar-refractivity contribution in [2.75, 3.05) is 5.32 Å². The maximum atomic E-state index is 13.0. The van der Waals surface area contributed by atoms with Gasteiger partial charge < -0.3 is 10.1 Å². The maximum absolute atomic E-state index is 13.0. The Labute approximate surface area is 137 Å². The summed E-state index contributed by atoms with van der Waals surface area (Å²) >= 11 is 0. The summed E-state index contributed by atoms with van der Waals surface area (Å²) < 4.78 is 44.3. The van der Waals surface area contributed by atoms with Crippen molar-refractivity contribution >= 4 is 11.6 Å². The highest BCUT2D eigenvalue weighted by Gasteiger charge is 2.35. The fourth-order valence-corrected chi connectivity index (χ4v) is 2.02. The third kappa shape index (κ3) is 4.79. The molecule has 1 aromatic carbocycles. The van der Waals surface area contributed by atoms with Gasteiger partial charge in [-0.3, -0.25) is 9.78 Å². The molecule has 0 aliphatic heterocycles. The second-order valence-corrected chi connectivity index (χ2v) is 5.43. The smallest absolute Gasteiger partial charge is 0.374 e. The Morgan fingerprint density at radius 2 is 2.04 bits per heavy atom. The molecule has 2 rings (SSSR count). The lowest BCUT2D eigenvalue weighted by Gasteiger charge is -2.13. The van der Waals surface area contributed by atoms with Gasteiger partial charge in [-0.2, -0.15) is 13.2 Å². The number of hydrogen-bond acceptors (Lipinski definition) is 3. The first-order valence-corrected chi connectivity index (χ1v) is 7.30. The van der Waals surface area contributed by atoms with E-state index in [1.165, 1.54) is 0 Å². The normalized spacial score (nSPS) is 11.6. The molecule has 1 N–H and O–H groups in total. The molecule has 0 atom stereocenters. The zero-order chi connectivity index (χ0) is 17.7. The van der Waals surface area contributed by atoms with Crippen molar-refractivity contribution in [3.8, 4) is 0 Å². The second-order valence-electron chi connectivity index (χ2n) is 5.43. The van der Waals surface area contributed by atoms with Crippen LogP contribution >= 0.6 is 0 Å². The van der Waals surface area contributed by atoms with Crippen molar-refractivity contribution in [2.45, 2.75) is 32.7 Å². The first-order valence-electron chi connectivity index (χ1n) is 7.30. The molecule has 0 unspecified atom stereocenters. The van der Waals surface area contributed by atoms with Crippen LogP contribution in [-0.2, 0) is 17.5 Å². The lowest BCUT2D eigenvalue weighted by atomic mass is 10.1. The van der Waals surface area contributed by atoms with E-state index in [0.29, 0.717) is 18.5 Å². The number of amides is 1. The first-order chi connectivity index (χ1) is 11.3. The van der Waals surface area contributed by atoms with Gasteiger partial charge in [0.15, 0.2) is 0 Å². The average molecular weight is 338 g/mol. The molecule has 7 heteroatoms. The van der Waals surface area contributed by atoms with Crippen LogP contribution in [0.5, 0.6) is 0 Å². The zero-order valence-electron chi connectivity index (χ0n) is 13.2. The molecule has 0 spiro atoms. The molecule has 1 aromatic heterocycles. The van der Waals surface area contributed by atoms with Gasteiger partial charge in [0.2, 0.25) is 0 Å². The fraction of sp³-hybridized carbons (Fsp3) is 0.294. The number of halogens is 3. The molecule has 1 amide bonds. The number of nitrogens with zero attached hydrogens (tertiary/aromatic N) is 1. The third-order valence-corrected chi connectivity index (χ3v) is 3.14. The van der Waals surface area contributed by atoms with Crippen LogP contribution in [0.15, 0.2) is 42.7 Å². The Hall–Kier alpha value is -2.41. The standard InChI is InChI=1S/C17H17F3N2O2/c1-11(2)24-10-12-4-3-5-13(8-12)22-16(23)14-6-7-21-9-15(14)17(18,19)20/h3-9,11H,10H2,1-2H3,(H,22,23). The molecule has 4 nitrogen and oxygen atoms in total. The van der Waals surface area contributed by atoms with Crippen molar-refractivity contribution < 1.29 is 22.7 Å². The van der Waals surface area contributed by atoms with Crippen LogP contribution in [0, 0.1) is 0 Å². The van der Waals surface area contributed by atoms with Crippen LogP contribution < -0.4 is 5.32 Å². The molecule has 0 bridgehead atoms. The van der Waals surface area contributed by atoms with Gasteiger partial charge in [0, 0.05) is 18.1 Å². The second kappa shape index (κ2) is 7.44. The van der Waals surface area contributed by atoms with Crippen LogP contribution in [0.4, 0.5) is 18.9 Å². The predicted molar refractivity (Wildman–Crippen MR) is 83.6 cm³/mol. The number of carbonyl (C=O) groups is 1. The Morgan fingerprint density at radius 1 is 1.29 bits per heavy atom. The molecule has 0 aliphatic rings. The van der Waals surface area contributed by atoms with Crippen molar-refractivity contribution in [1.29, 1.82) is 0 Å². The summed E-state index contributed by atoms with van der Waals surface area (Å²) in [5, 5.41) is 2.48. The van der Waals surface area contributed by atoms with E-state index in [1.807, 2.05) is 19.9 Å². The number of aromatic nitrogens is 1. The molecule has 0 saturated carbocycles. The van der Waals surface area contributed by atoms with Crippen LogP contribution in [0.3, 0.4) is 0 Å². The summed E-state index contributed by atoms with van der Waals surface area (Å²) in [6.07, 6.45) is -2.80. The van der Waals surface area contributed by atoms with E-state index in [4.69, 9.17) is 4.74 Å². The number of pyridine rings is 1. The quantitative estimate of drug-likeness (QED) is 0.885. The average Bonchev–Trinajstić information content (AvgIpc) is 2.52. The molecule has 0 saturated heterocycles. The van der Waals surface area contributed by atoms with Gasteiger partial charge >= 0.3 is 6.18 Å². The molecular weight excluding hydrogens is 321 g/mol. The number of ether oxygens (including phenoxy) is 1. The Morgan fingerprint density at radius 3 is 2.71 bits per heavy atom. The number of hydrogen-bond donors (Lipinski definition) is 1. The molecule has 24 heavy (non-hydrogen) atoms. The SMILES string of the molecule is CC(C)OCc1cccc(NC(=O)c2ccncc2C(F)(F)F)c1. The lowest BCUT2D eigenvalue weighted by Crippen LogP contribution is -2.19. The summed E-state index contributed by atoms with van der Waals surface area (Å²) in [5.74, 6) is -0.841. The summed E-state index contributed by atoms with van der Waals surface area (Å²) in [6.45, 7) is 4.14. The lowest BCUT2D eigenvalue weighted by molar-refractivity contribution is -0.138. The monoisotopic (exact) mass is 338 g/mol. The summed E-state index contributed by atoms with van der Waals surface area (Å²) in [5.41, 5.74) is -0.329. The van der Waals surface area contributed by atoms with Crippen molar-refractivity contribution in [1.82, 2.24) is 4.98 Å². The van der Waals surface area contributed by atoms with Gasteiger partial charge in [-0.1, -0.05) is 12.1 Å². The van der Waals surface area contributed by atoms with E-state index in [0.717, 1.165) is 17.8 Å². The summed E-state index contributed by atoms with van der Waals surface area (Å²) in [6, 6.07) is 7.82. The molecule has 0 radical (unpaired) electrons. The van der Waals surface area contributed by atoms with E-state index in [9.17, 15) is 18.0 Å². The van der Waals surface area contributed by atoms with Gasteiger partial charge in [0.05, 0.1) is 23.8 Å². The Balaban J connectivity index is 2.17. The minimum Gasteiger partial charge on any atom is -0.374 e. The number of carbonyl (C=O) groups excluding carboxylic acids is 1. The largest absolute Gasteiger partial charge is 0.418 e. The van der Waals surface area contributed by atoms with Gasteiger partial charge in [-0.15, -0.1) is 0 Å². The van der Waals surface area contributed by atoms with E-state index >= 15 is 0 Å². The molecular formula is C17H17F3N2O2. The number of nitrogens with one attached hydrogen (secondary N) is 1. The van der Waals surface area contributed by atoms with Gasteiger partial charge in [0.25, 0.3) is 5.91 Å². The van der Waals surface area contributed by atoms with Crippen LogP contribution in [0.1, 0.15) is 35.3 Å². The van der Waals surface area contributed by atoms with Crippen LogP contribution in [0.2, 0.25) is 0 Å². The summed E-state index contributed by atoms with van der Waals surface area (Å²) in [4.78, 5) is 15.6. The molecule has 128 valence electrons. The predicted octanol–water partition coefficient (Wildman–Crippen LogP) is 4.28. The van der Waals surface area contributed by atoms with E-state index in [1.54, 1.807) is 18.2 Å². The Bertz CT molecular complexity index is 715. The van der Waals surface area contributed by atoms with Gasteiger partial charge in [-0.25, -0.2) is 0 Å². The maximum Gasteiger partial charge on any atom is 0.418 e. The molecule has 2 aromatic rings. The number of alkyl halides is 3. The topological polar surface area (TPSA) is 51.2 Å². The first kappa shape index (κ1) is 17.9. The third-order valence-electron chi connectivity index (χ3n) is 3.14. The van der Waals surface area contributed by atoms with Crippen molar-refractivity contribution in [3.05, 3.63) is 59.4 Å². The Kier molecular flexibility index (Phi) is 5.56. The highest BCUT2D eigenvalue weighted by Crippen LogP contribution is 2.31. The molecule has 1 heterocycles.